The Morgan fingerprint density at radius 3 is 2.50 bits per heavy atom. The lowest BCUT2D eigenvalue weighted by atomic mass is 9.97. The molecule has 2 aromatic carbocycles. The van der Waals surface area contributed by atoms with E-state index < -0.39 is 10.0 Å². The zero-order valence-electron chi connectivity index (χ0n) is 16.3. The van der Waals surface area contributed by atoms with Crippen LogP contribution in [0, 0.1) is 0 Å². The fraction of sp³-hybridized carbons (Fsp3) is 0.381. The monoisotopic (exact) mass is 401 g/mol. The molecule has 1 fully saturated rings. The van der Waals surface area contributed by atoms with Crippen molar-refractivity contribution in [1.29, 1.82) is 0 Å². The van der Waals surface area contributed by atoms with Crippen molar-refractivity contribution in [2.24, 2.45) is 0 Å². The van der Waals surface area contributed by atoms with Gasteiger partial charge < -0.3 is 10.2 Å². The number of urea groups is 1. The van der Waals surface area contributed by atoms with Crippen LogP contribution in [-0.4, -0.2) is 50.8 Å². The first-order valence-corrected chi connectivity index (χ1v) is 11.4. The smallest absolute Gasteiger partial charge is 0.317 e. The molecule has 2 aromatic rings. The number of amides is 2. The lowest BCUT2D eigenvalue weighted by Crippen LogP contribution is -2.50. The van der Waals surface area contributed by atoms with Gasteiger partial charge in [-0.15, -0.1) is 0 Å². The molecule has 2 atom stereocenters. The number of sulfonamides is 1. The van der Waals surface area contributed by atoms with Gasteiger partial charge >= 0.3 is 6.03 Å². The third-order valence-corrected chi connectivity index (χ3v) is 5.71. The van der Waals surface area contributed by atoms with Crippen LogP contribution in [0.5, 0.6) is 0 Å². The highest BCUT2D eigenvalue weighted by atomic mass is 32.2. The Labute approximate surface area is 167 Å². The maximum Gasteiger partial charge on any atom is 0.317 e. The zero-order valence-corrected chi connectivity index (χ0v) is 17.1. The second kappa shape index (κ2) is 8.75. The van der Waals surface area contributed by atoms with E-state index in [1.165, 1.54) is 0 Å². The van der Waals surface area contributed by atoms with Gasteiger partial charge in [0.25, 0.3) is 0 Å². The van der Waals surface area contributed by atoms with E-state index in [4.69, 9.17) is 0 Å². The van der Waals surface area contributed by atoms with Gasteiger partial charge in [0.05, 0.1) is 12.3 Å². The van der Waals surface area contributed by atoms with Crippen molar-refractivity contribution in [3.8, 4) is 11.1 Å². The molecule has 3 rings (SSSR count). The Bertz CT molecular complexity index is 916. The van der Waals surface area contributed by atoms with Crippen LogP contribution in [-0.2, 0) is 16.4 Å². The summed E-state index contributed by atoms with van der Waals surface area (Å²) in [6, 6.07) is 17.6. The third kappa shape index (κ3) is 5.11. The minimum absolute atomic E-state index is 0.149. The van der Waals surface area contributed by atoms with Gasteiger partial charge in [-0.25, -0.2) is 17.9 Å². The molecule has 0 bridgehead atoms. The molecule has 1 heterocycles. The number of benzene rings is 2. The van der Waals surface area contributed by atoms with Crippen molar-refractivity contribution in [2.75, 3.05) is 19.3 Å². The molecule has 0 saturated carbocycles. The molecule has 0 aromatic heterocycles. The van der Waals surface area contributed by atoms with Crippen molar-refractivity contribution in [3.63, 3.8) is 0 Å². The van der Waals surface area contributed by atoms with E-state index in [0.29, 0.717) is 25.9 Å². The van der Waals surface area contributed by atoms with E-state index in [0.717, 1.165) is 22.9 Å². The van der Waals surface area contributed by atoms with Gasteiger partial charge in [-0.3, -0.25) is 0 Å². The Morgan fingerprint density at radius 1 is 1.11 bits per heavy atom. The van der Waals surface area contributed by atoms with Crippen molar-refractivity contribution >= 4 is 16.1 Å². The van der Waals surface area contributed by atoms with Gasteiger partial charge in [-0.05, 0) is 36.5 Å². The molecule has 28 heavy (non-hydrogen) atoms. The quantitative estimate of drug-likeness (QED) is 0.781. The highest BCUT2D eigenvalue weighted by Crippen LogP contribution is 2.25. The molecule has 1 aliphatic heterocycles. The molecule has 6 nitrogen and oxygen atoms in total. The Kier molecular flexibility index (Phi) is 6.36. The summed E-state index contributed by atoms with van der Waals surface area (Å²) < 4.78 is 26.3. The Balaban J connectivity index is 1.85. The maximum atomic E-state index is 12.5. The molecular formula is C21H27N3O3S. The molecule has 0 aliphatic carbocycles. The summed E-state index contributed by atoms with van der Waals surface area (Å²) in [6.07, 6.45) is 2.35. The number of likely N-dealkylation sites (tertiary alicyclic amines) is 1. The molecule has 1 saturated heterocycles. The van der Waals surface area contributed by atoms with Crippen LogP contribution in [0.1, 0.15) is 18.9 Å². The molecule has 7 heteroatoms. The second-order valence-electron chi connectivity index (χ2n) is 7.15. The highest BCUT2D eigenvalue weighted by molar-refractivity contribution is 7.88. The number of hydrogen-bond donors (Lipinski definition) is 2. The van der Waals surface area contributed by atoms with Crippen LogP contribution >= 0.6 is 0 Å². The van der Waals surface area contributed by atoms with Crippen molar-refractivity contribution in [3.05, 3.63) is 60.2 Å². The average Bonchev–Trinajstić information content (AvgIpc) is 3.03. The summed E-state index contributed by atoms with van der Waals surface area (Å²) in [4.78, 5) is 14.2. The number of carbonyl (C=O) groups is 1. The maximum absolute atomic E-state index is 12.5. The predicted octanol–water partition coefficient (Wildman–Crippen LogP) is 2.62. The van der Waals surface area contributed by atoms with Gasteiger partial charge in [-0.2, -0.15) is 0 Å². The largest absolute Gasteiger partial charge is 0.338 e. The van der Waals surface area contributed by atoms with Crippen LogP contribution in [0.2, 0.25) is 0 Å². The molecule has 0 radical (unpaired) electrons. The normalized spacial score (nSPS) is 19.6. The third-order valence-electron chi connectivity index (χ3n) is 4.98. The number of carbonyl (C=O) groups excluding carboxylic acids is 1. The van der Waals surface area contributed by atoms with Crippen molar-refractivity contribution < 1.29 is 13.2 Å². The standard InChI is InChI=1S/C21H27N3O3S/c1-3-22-21(25)24-13-12-19(23-28(2,26)27)20(24)15-16-8-7-11-18(14-16)17-9-5-4-6-10-17/h4-11,14,19-20,23H,3,12-13,15H2,1-2H3,(H,22,25)/t19-,20+/m1/s1. The summed E-state index contributed by atoms with van der Waals surface area (Å²) in [5, 5.41) is 2.83. The first-order valence-electron chi connectivity index (χ1n) is 9.53. The van der Waals surface area contributed by atoms with E-state index in [1.807, 2.05) is 37.3 Å². The molecule has 150 valence electrons. The molecular weight excluding hydrogens is 374 g/mol. The molecule has 2 N–H and O–H groups in total. The first kappa shape index (κ1) is 20.4. The number of hydrogen-bond acceptors (Lipinski definition) is 3. The summed E-state index contributed by atoms with van der Waals surface area (Å²) in [5.74, 6) is 0. The van der Waals surface area contributed by atoms with E-state index >= 15 is 0 Å². The Hall–Kier alpha value is -2.38. The summed E-state index contributed by atoms with van der Waals surface area (Å²) >= 11 is 0. The molecule has 0 spiro atoms. The minimum atomic E-state index is -3.35. The van der Waals surface area contributed by atoms with Crippen molar-refractivity contribution in [2.45, 2.75) is 31.8 Å². The van der Waals surface area contributed by atoms with Crippen LogP contribution in [0.15, 0.2) is 54.6 Å². The van der Waals surface area contributed by atoms with Gasteiger partial charge in [-0.1, -0.05) is 54.6 Å². The van der Waals surface area contributed by atoms with Crippen LogP contribution in [0.25, 0.3) is 11.1 Å². The molecule has 2 amide bonds. The SMILES string of the molecule is CCNC(=O)N1CC[C@@H](NS(C)(=O)=O)[C@@H]1Cc1cccc(-c2ccccc2)c1. The van der Waals surface area contributed by atoms with E-state index in [9.17, 15) is 13.2 Å². The lowest BCUT2D eigenvalue weighted by Gasteiger charge is -2.28. The van der Waals surface area contributed by atoms with E-state index in [2.05, 4.69) is 34.3 Å². The summed E-state index contributed by atoms with van der Waals surface area (Å²) in [7, 11) is -3.35. The zero-order chi connectivity index (χ0) is 20.1. The summed E-state index contributed by atoms with van der Waals surface area (Å²) in [6.45, 7) is 2.94. The number of nitrogens with zero attached hydrogens (tertiary/aromatic N) is 1. The van der Waals surface area contributed by atoms with Crippen molar-refractivity contribution in [1.82, 2.24) is 14.9 Å². The predicted molar refractivity (Wildman–Crippen MR) is 112 cm³/mol. The fourth-order valence-corrected chi connectivity index (χ4v) is 4.60. The van der Waals surface area contributed by atoms with Crippen LogP contribution in [0.3, 0.4) is 0 Å². The van der Waals surface area contributed by atoms with Crippen LogP contribution < -0.4 is 10.0 Å². The van der Waals surface area contributed by atoms with Gasteiger partial charge in [0.2, 0.25) is 10.0 Å². The minimum Gasteiger partial charge on any atom is -0.338 e. The number of nitrogens with one attached hydrogen (secondary N) is 2. The fourth-order valence-electron chi connectivity index (χ4n) is 3.77. The number of rotatable bonds is 6. The topological polar surface area (TPSA) is 78.5 Å². The highest BCUT2D eigenvalue weighted by Gasteiger charge is 2.38. The lowest BCUT2D eigenvalue weighted by molar-refractivity contribution is 0.189. The van der Waals surface area contributed by atoms with E-state index in [1.54, 1.807) is 4.90 Å². The average molecular weight is 402 g/mol. The van der Waals surface area contributed by atoms with Gasteiger partial charge in [0.15, 0.2) is 0 Å². The first-order chi connectivity index (χ1) is 13.4. The Morgan fingerprint density at radius 2 is 1.82 bits per heavy atom. The van der Waals surface area contributed by atoms with Crippen LogP contribution in [0.4, 0.5) is 4.79 Å². The molecule has 1 aliphatic rings. The van der Waals surface area contributed by atoms with Gasteiger partial charge in [0, 0.05) is 19.1 Å². The second-order valence-corrected chi connectivity index (χ2v) is 8.93. The van der Waals surface area contributed by atoms with E-state index in [-0.39, 0.29) is 18.1 Å². The molecule has 0 unspecified atom stereocenters. The van der Waals surface area contributed by atoms with Gasteiger partial charge in [0.1, 0.15) is 0 Å². The summed E-state index contributed by atoms with van der Waals surface area (Å²) in [5.41, 5.74) is 3.30.